The van der Waals surface area contributed by atoms with E-state index in [2.05, 4.69) is 5.32 Å². The van der Waals surface area contributed by atoms with E-state index in [9.17, 15) is 14.7 Å². The van der Waals surface area contributed by atoms with Gasteiger partial charge in [-0.1, -0.05) is 23.7 Å². The molecule has 2 N–H and O–H groups in total. The standard InChI is InChI=1S/C29H32ClN3O5S/c1-32(16-22(34)18-39-25-10-8-23(37-3)9-11-25)17-24-13-26-28(36)20(15-33(2)29(26)38-24)12-27(35)31-14-19-4-6-21(30)7-5-19/h4-11,13,15,22,34H,12,14,16-18H2,1-3H3,(H,31,35). The van der Waals surface area contributed by atoms with Crippen molar-refractivity contribution in [1.82, 2.24) is 14.8 Å². The van der Waals surface area contributed by atoms with Crippen molar-refractivity contribution in [3.05, 3.63) is 92.9 Å². The second-order valence-corrected chi connectivity index (χ2v) is 11.0. The number of aliphatic hydroxyl groups excluding tert-OH is 1. The molecule has 2 aromatic heterocycles. The number of nitrogens with zero attached hydrogens (tertiary/aromatic N) is 2. The van der Waals surface area contributed by atoms with E-state index in [0.29, 0.717) is 52.8 Å². The number of carbonyl (C=O) groups excluding carboxylic acids is 1. The van der Waals surface area contributed by atoms with Gasteiger partial charge in [-0.2, -0.15) is 0 Å². The number of fused-ring (bicyclic) bond motifs is 1. The lowest BCUT2D eigenvalue weighted by molar-refractivity contribution is -0.120. The predicted octanol–water partition coefficient (Wildman–Crippen LogP) is 4.24. The number of nitrogens with one attached hydrogen (secondary N) is 1. The second kappa shape index (κ2) is 13.2. The molecular weight excluding hydrogens is 538 g/mol. The number of methoxy groups -OCH3 is 1. The van der Waals surface area contributed by atoms with Crippen LogP contribution in [-0.2, 0) is 31.4 Å². The maximum Gasteiger partial charge on any atom is 0.224 e. The van der Waals surface area contributed by atoms with E-state index in [1.165, 1.54) is 0 Å². The van der Waals surface area contributed by atoms with Crippen molar-refractivity contribution in [2.24, 2.45) is 7.05 Å². The highest BCUT2D eigenvalue weighted by molar-refractivity contribution is 7.99. The minimum atomic E-state index is -0.546. The Labute approximate surface area is 236 Å². The highest BCUT2D eigenvalue weighted by atomic mass is 35.5. The van der Waals surface area contributed by atoms with Crippen molar-refractivity contribution in [2.75, 3.05) is 26.5 Å². The van der Waals surface area contributed by atoms with Crippen LogP contribution in [0.2, 0.25) is 5.02 Å². The summed E-state index contributed by atoms with van der Waals surface area (Å²) in [5.41, 5.74) is 1.54. The number of likely N-dealkylation sites (N-methyl/N-ethyl adjacent to an activating group) is 1. The Morgan fingerprint density at radius 2 is 1.92 bits per heavy atom. The number of furan rings is 1. The SMILES string of the molecule is COc1ccc(SCC(O)CN(C)Cc2cc3c(=O)c(CC(=O)NCc4ccc(Cl)cc4)cn(C)c3o2)cc1. The molecule has 1 atom stereocenters. The molecule has 10 heteroatoms. The Morgan fingerprint density at radius 1 is 1.21 bits per heavy atom. The maximum atomic E-state index is 13.1. The summed E-state index contributed by atoms with van der Waals surface area (Å²) in [4.78, 5) is 28.7. The number of hydrogen-bond donors (Lipinski definition) is 2. The molecule has 0 saturated carbocycles. The van der Waals surface area contributed by atoms with Crippen LogP contribution in [-0.4, -0.2) is 53.0 Å². The lowest BCUT2D eigenvalue weighted by Crippen LogP contribution is -2.30. The maximum absolute atomic E-state index is 13.1. The summed E-state index contributed by atoms with van der Waals surface area (Å²) >= 11 is 7.48. The molecule has 2 aromatic carbocycles. The lowest BCUT2D eigenvalue weighted by atomic mass is 10.1. The molecule has 0 saturated heterocycles. The quantitative estimate of drug-likeness (QED) is 0.246. The largest absolute Gasteiger partial charge is 0.497 e. The van der Waals surface area contributed by atoms with E-state index in [1.807, 2.05) is 48.3 Å². The molecule has 0 aliphatic heterocycles. The molecule has 1 amide bonds. The number of carbonyl (C=O) groups is 1. The van der Waals surface area contributed by atoms with Crippen LogP contribution in [0.3, 0.4) is 0 Å². The Morgan fingerprint density at radius 3 is 2.62 bits per heavy atom. The van der Waals surface area contributed by atoms with Crippen LogP contribution >= 0.6 is 23.4 Å². The second-order valence-electron chi connectivity index (χ2n) is 9.44. The number of thioether (sulfide) groups is 1. The fourth-order valence-corrected chi connectivity index (χ4v) is 5.17. The van der Waals surface area contributed by atoms with Gasteiger partial charge in [-0.25, -0.2) is 0 Å². The van der Waals surface area contributed by atoms with Gasteiger partial charge in [0.25, 0.3) is 0 Å². The van der Waals surface area contributed by atoms with Gasteiger partial charge in [0.2, 0.25) is 11.6 Å². The lowest BCUT2D eigenvalue weighted by Gasteiger charge is -2.19. The van der Waals surface area contributed by atoms with Crippen molar-refractivity contribution in [2.45, 2.75) is 30.5 Å². The fourth-order valence-electron chi connectivity index (χ4n) is 4.23. The average molecular weight is 570 g/mol. The Kier molecular flexibility index (Phi) is 9.74. The molecular formula is C29H32ClN3O5S. The molecule has 39 heavy (non-hydrogen) atoms. The van der Waals surface area contributed by atoms with Crippen molar-refractivity contribution < 1.29 is 19.1 Å². The third kappa shape index (κ3) is 7.89. The minimum Gasteiger partial charge on any atom is -0.497 e. The van der Waals surface area contributed by atoms with E-state index in [4.69, 9.17) is 20.8 Å². The zero-order chi connectivity index (χ0) is 27.9. The summed E-state index contributed by atoms with van der Waals surface area (Å²) in [5.74, 6) is 1.70. The average Bonchev–Trinajstić information content (AvgIpc) is 3.35. The minimum absolute atomic E-state index is 0.0331. The smallest absolute Gasteiger partial charge is 0.224 e. The van der Waals surface area contributed by atoms with Crippen molar-refractivity contribution in [3.8, 4) is 5.75 Å². The molecule has 1 unspecified atom stereocenters. The number of ether oxygens (including phenoxy) is 1. The molecule has 4 rings (SSSR count). The first kappa shape index (κ1) is 28.8. The molecule has 0 aliphatic carbocycles. The number of hydrogen-bond acceptors (Lipinski definition) is 7. The molecule has 206 valence electrons. The van der Waals surface area contributed by atoms with Crippen LogP contribution in [0.15, 0.2) is 74.9 Å². The molecule has 0 spiro atoms. The van der Waals surface area contributed by atoms with Crippen LogP contribution in [0.1, 0.15) is 16.9 Å². The van der Waals surface area contributed by atoms with Gasteiger partial charge in [0.1, 0.15) is 11.5 Å². The van der Waals surface area contributed by atoms with Gasteiger partial charge in [-0.15, -0.1) is 11.8 Å². The Hall–Kier alpha value is -3.24. The van der Waals surface area contributed by atoms with Crippen LogP contribution in [0.25, 0.3) is 11.1 Å². The number of halogens is 1. The zero-order valence-electron chi connectivity index (χ0n) is 22.1. The summed E-state index contributed by atoms with van der Waals surface area (Å²) in [6, 6.07) is 16.7. The van der Waals surface area contributed by atoms with Gasteiger partial charge in [0.05, 0.1) is 31.6 Å². The van der Waals surface area contributed by atoms with Gasteiger partial charge in [-0.05, 0) is 55.1 Å². The summed E-state index contributed by atoms with van der Waals surface area (Å²) in [7, 11) is 5.31. The monoisotopic (exact) mass is 569 g/mol. The number of amides is 1. The number of benzene rings is 2. The third-order valence-electron chi connectivity index (χ3n) is 6.17. The number of pyridine rings is 1. The highest BCUT2D eigenvalue weighted by Gasteiger charge is 2.17. The highest BCUT2D eigenvalue weighted by Crippen LogP contribution is 2.23. The summed E-state index contributed by atoms with van der Waals surface area (Å²) < 4.78 is 12.9. The number of aromatic nitrogens is 1. The molecule has 8 nitrogen and oxygen atoms in total. The van der Waals surface area contributed by atoms with Gasteiger partial charge in [0, 0.05) is 47.6 Å². The first-order valence-corrected chi connectivity index (χ1v) is 13.8. The van der Waals surface area contributed by atoms with E-state index in [0.717, 1.165) is 16.2 Å². The van der Waals surface area contributed by atoms with Gasteiger partial charge < -0.3 is 24.1 Å². The van der Waals surface area contributed by atoms with Crippen LogP contribution in [0.4, 0.5) is 0 Å². The third-order valence-corrected chi connectivity index (χ3v) is 7.58. The van der Waals surface area contributed by atoms with Crippen molar-refractivity contribution in [3.63, 3.8) is 0 Å². The summed E-state index contributed by atoms with van der Waals surface area (Å²) in [6.45, 7) is 1.22. The first-order valence-electron chi connectivity index (χ1n) is 12.5. The molecule has 4 aromatic rings. The van der Waals surface area contributed by atoms with Crippen LogP contribution < -0.4 is 15.5 Å². The Bertz CT molecular complexity index is 1470. The van der Waals surface area contributed by atoms with E-state index in [1.54, 1.807) is 54.9 Å². The number of rotatable bonds is 12. The van der Waals surface area contributed by atoms with Gasteiger partial charge >= 0.3 is 0 Å². The van der Waals surface area contributed by atoms with Crippen molar-refractivity contribution >= 4 is 40.4 Å². The predicted molar refractivity (Wildman–Crippen MR) is 155 cm³/mol. The zero-order valence-corrected chi connectivity index (χ0v) is 23.7. The molecule has 0 fully saturated rings. The van der Waals surface area contributed by atoms with Gasteiger partial charge in [0.15, 0.2) is 5.43 Å². The Balaban J connectivity index is 1.33. The summed E-state index contributed by atoms with van der Waals surface area (Å²) in [6.07, 6.45) is 1.06. The van der Waals surface area contributed by atoms with E-state index >= 15 is 0 Å². The van der Waals surface area contributed by atoms with Crippen LogP contribution in [0.5, 0.6) is 5.75 Å². The molecule has 0 aliphatic rings. The van der Waals surface area contributed by atoms with Crippen molar-refractivity contribution in [1.29, 1.82) is 0 Å². The van der Waals surface area contributed by atoms with E-state index in [-0.39, 0.29) is 17.8 Å². The van der Waals surface area contributed by atoms with Crippen LogP contribution in [0, 0.1) is 0 Å². The molecule has 0 radical (unpaired) electrons. The fraction of sp³-hybridized carbons (Fsp3) is 0.310. The molecule has 0 bridgehead atoms. The topological polar surface area (TPSA) is 96.9 Å². The number of aliphatic hydroxyl groups is 1. The number of aryl methyl sites for hydroxylation is 1. The van der Waals surface area contributed by atoms with E-state index < -0.39 is 6.10 Å². The first-order chi connectivity index (χ1) is 18.7. The van der Waals surface area contributed by atoms with Gasteiger partial charge in [-0.3, -0.25) is 14.5 Å². The molecule has 2 heterocycles. The summed E-state index contributed by atoms with van der Waals surface area (Å²) in [5, 5.41) is 14.4. The normalized spacial score (nSPS) is 12.2.